The number of halogens is 1. The molecular formula is C22H21FN2O. The highest BCUT2D eigenvalue weighted by atomic mass is 19.1. The lowest BCUT2D eigenvalue weighted by atomic mass is 10.2. The van der Waals surface area contributed by atoms with Gasteiger partial charge >= 0.3 is 0 Å². The lowest BCUT2D eigenvalue weighted by Gasteiger charge is -2.25. The molecule has 0 bridgehead atoms. The van der Waals surface area contributed by atoms with Gasteiger partial charge in [-0.25, -0.2) is 4.39 Å². The second-order valence-corrected chi connectivity index (χ2v) is 6.02. The van der Waals surface area contributed by atoms with Crippen molar-refractivity contribution in [2.75, 3.05) is 16.8 Å². The fourth-order valence-corrected chi connectivity index (χ4v) is 2.75. The van der Waals surface area contributed by atoms with Crippen molar-refractivity contribution >= 4 is 17.3 Å². The summed E-state index contributed by atoms with van der Waals surface area (Å²) < 4.78 is 13.7. The van der Waals surface area contributed by atoms with E-state index in [1.54, 1.807) is 18.2 Å². The minimum Gasteiger partial charge on any atom is -0.367 e. The van der Waals surface area contributed by atoms with Gasteiger partial charge in [-0.1, -0.05) is 60.7 Å². The van der Waals surface area contributed by atoms with Crippen LogP contribution in [0.3, 0.4) is 0 Å². The SMILES string of the molecule is O=C(CCN(Cc1ccccc1)c1ccccc1)Nc1ccccc1F. The minimum absolute atomic E-state index is 0.205. The van der Waals surface area contributed by atoms with Crippen molar-refractivity contribution < 1.29 is 9.18 Å². The maximum absolute atomic E-state index is 13.7. The van der Waals surface area contributed by atoms with Gasteiger partial charge < -0.3 is 10.2 Å². The first-order valence-corrected chi connectivity index (χ1v) is 8.60. The number of para-hydroxylation sites is 2. The van der Waals surface area contributed by atoms with E-state index in [1.807, 2.05) is 48.5 Å². The van der Waals surface area contributed by atoms with Crippen LogP contribution in [0.15, 0.2) is 84.9 Å². The molecule has 0 radical (unpaired) electrons. The van der Waals surface area contributed by atoms with Crippen LogP contribution >= 0.6 is 0 Å². The van der Waals surface area contributed by atoms with Crippen molar-refractivity contribution in [1.29, 1.82) is 0 Å². The first-order chi connectivity index (χ1) is 12.7. The highest BCUT2D eigenvalue weighted by Gasteiger charge is 2.11. The van der Waals surface area contributed by atoms with Gasteiger partial charge in [0.05, 0.1) is 5.69 Å². The molecule has 3 aromatic carbocycles. The molecule has 0 saturated carbocycles. The normalized spacial score (nSPS) is 10.3. The fraction of sp³-hybridized carbons (Fsp3) is 0.136. The van der Waals surface area contributed by atoms with Crippen LogP contribution in [0, 0.1) is 5.82 Å². The molecule has 3 rings (SSSR count). The quantitative estimate of drug-likeness (QED) is 0.661. The third-order valence-corrected chi connectivity index (χ3v) is 4.09. The lowest BCUT2D eigenvalue weighted by Crippen LogP contribution is -2.27. The van der Waals surface area contributed by atoms with Crippen molar-refractivity contribution in [3.05, 3.63) is 96.3 Å². The third-order valence-electron chi connectivity index (χ3n) is 4.09. The van der Waals surface area contributed by atoms with Gasteiger partial charge in [0.1, 0.15) is 5.82 Å². The van der Waals surface area contributed by atoms with Gasteiger partial charge in [-0.3, -0.25) is 4.79 Å². The Morgan fingerprint density at radius 1 is 0.846 bits per heavy atom. The van der Waals surface area contributed by atoms with E-state index in [0.29, 0.717) is 13.1 Å². The van der Waals surface area contributed by atoms with Gasteiger partial charge in [-0.05, 0) is 29.8 Å². The Labute approximate surface area is 153 Å². The number of nitrogens with one attached hydrogen (secondary N) is 1. The largest absolute Gasteiger partial charge is 0.367 e. The van der Waals surface area contributed by atoms with Crippen LogP contribution in [0.2, 0.25) is 0 Å². The van der Waals surface area contributed by atoms with E-state index in [-0.39, 0.29) is 18.0 Å². The first kappa shape index (κ1) is 17.7. The number of benzene rings is 3. The van der Waals surface area contributed by atoms with Crippen LogP contribution in [0.1, 0.15) is 12.0 Å². The maximum Gasteiger partial charge on any atom is 0.226 e. The zero-order valence-corrected chi connectivity index (χ0v) is 14.4. The predicted octanol–water partition coefficient (Wildman–Crippen LogP) is 4.86. The Morgan fingerprint density at radius 2 is 1.46 bits per heavy atom. The number of hydrogen-bond acceptors (Lipinski definition) is 2. The number of rotatable bonds is 7. The van der Waals surface area contributed by atoms with E-state index in [9.17, 15) is 9.18 Å². The maximum atomic E-state index is 13.7. The van der Waals surface area contributed by atoms with Crippen molar-refractivity contribution in [2.24, 2.45) is 0 Å². The zero-order chi connectivity index (χ0) is 18.2. The Bertz CT molecular complexity index is 837. The Kier molecular flexibility index (Phi) is 5.99. The molecule has 0 unspecified atom stereocenters. The van der Waals surface area contributed by atoms with Crippen LogP contribution < -0.4 is 10.2 Å². The highest BCUT2D eigenvalue weighted by Crippen LogP contribution is 2.18. The zero-order valence-electron chi connectivity index (χ0n) is 14.4. The van der Waals surface area contributed by atoms with E-state index in [1.165, 1.54) is 11.6 Å². The van der Waals surface area contributed by atoms with Gasteiger partial charge in [0.2, 0.25) is 5.91 Å². The topological polar surface area (TPSA) is 32.3 Å². The Morgan fingerprint density at radius 3 is 2.15 bits per heavy atom. The molecule has 3 aromatic rings. The van der Waals surface area contributed by atoms with Crippen LogP contribution in [-0.4, -0.2) is 12.5 Å². The standard InChI is InChI=1S/C22H21FN2O/c23-20-13-7-8-14-21(20)24-22(26)15-16-25(19-11-5-2-6-12-19)17-18-9-3-1-4-10-18/h1-14H,15-17H2,(H,24,26). The van der Waals surface area contributed by atoms with Gasteiger partial charge in [0, 0.05) is 25.2 Å². The van der Waals surface area contributed by atoms with Crippen LogP contribution in [0.5, 0.6) is 0 Å². The number of anilines is 2. The molecule has 0 atom stereocenters. The van der Waals surface area contributed by atoms with Crippen molar-refractivity contribution in [1.82, 2.24) is 0 Å². The van der Waals surface area contributed by atoms with Crippen molar-refractivity contribution in [3.8, 4) is 0 Å². The molecule has 1 amide bonds. The Balaban J connectivity index is 1.66. The summed E-state index contributed by atoms with van der Waals surface area (Å²) in [7, 11) is 0. The summed E-state index contributed by atoms with van der Waals surface area (Å²) in [6.07, 6.45) is 0.274. The van der Waals surface area contributed by atoms with Crippen LogP contribution in [-0.2, 0) is 11.3 Å². The smallest absolute Gasteiger partial charge is 0.226 e. The molecule has 3 nitrogen and oxygen atoms in total. The van der Waals surface area contributed by atoms with Gasteiger partial charge in [0.25, 0.3) is 0 Å². The number of hydrogen-bond donors (Lipinski definition) is 1. The van der Waals surface area contributed by atoms with Crippen LogP contribution in [0.25, 0.3) is 0 Å². The molecule has 0 aromatic heterocycles. The van der Waals surface area contributed by atoms with Gasteiger partial charge in [-0.15, -0.1) is 0 Å². The van der Waals surface area contributed by atoms with Crippen LogP contribution in [0.4, 0.5) is 15.8 Å². The molecule has 0 aliphatic heterocycles. The van der Waals surface area contributed by atoms with E-state index in [4.69, 9.17) is 0 Å². The van der Waals surface area contributed by atoms with Crippen molar-refractivity contribution in [2.45, 2.75) is 13.0 Å². The summed E-state index contributed by atoms with van der Waals surface area (Å²) in [5.41, 5.74) is 2.44. The number of amides is 1. The molecular weight excluding hydrogens is 327 g/mol. The predicted molar refractivity (Wildman–Crippen MR) is 104 cm³/mol. The second kappa shape index (κ2) is 8.81. The lowest BCUT2D eigenvalue weighted by molar-refractivity contribution is -0.116. The molecule has 1 N–H and O–H groups in total. The highest BCUT2D eigenvalue weighted by molar-refractivity contribution is 5.91. The molecule has 4 heteroatoms. The van der Waals surface area contributed by atoms with E-state index < -0.39 is 5.82 Å². The number of nitrogens with zero attached hydrogens (tertiary/aromatic N) is 1. The summed E-state index contributed by atoms with van der Waals surface area (Å²) >= 11 is 0. The van der Waals surface area contributed by atoms with E-state index in [2.05, 4.69) is 22.3 Å². The molecule has 0 saturated heterocycles. The molecule has 0 spiro atoms. The summed E-state index contributed by atoms with van der Waals surface area (Å²) in [5, 5.41) is 2.64. The second-order valence-electron chi connectivity index (χ2n) is 6.02. The average Bonchev–Trinajstić information content (AvgIpc) is 2.68. The minimum atomic E-state index is -0.426. The molecule has 0 fully saturated rings. The molecule has 0 heterocycles. The van der Waals surface area contributed by atoms with Gasteiger partial charge in [0.15, 0.2) is 0 Å². The summed E-state index contributed by atoms with van der Waals surface area (Å²) in [5.74, 6) is -0.630. The molecule has 132 valence electrons. The monoisotopic (exact) mass is 348 g/mol. The number of carbonyl (C=O) groups excluding carboxylic acids is 1. The molecule has 0 aliphatic carbocycles. The summed E-state index contributed by atoms with van der Waals surface area (Å²) in [6.45, 7) is 1.25. The van der Waals surface area contributed by atoms with E-state index in [0.717, 1.165) is 5.69 Å². The molecule has 26 heavy (non-hydrogen) atoms. The summed E-state index contributed by atoms with van der Waals surface area (Å²) in [4.78, 5) is 14.4. The molecule has 0 aliphatic rings. The van der Waals surface area contributed by atoms with Gasteiger partial charge in [-0.2, -0.15) is 0 Å². The first-order valence-electron chi connectivity index (χ1n) is 8.60. The average molecular weight is 348 g/mol. The Hall–Kier alpha value is -3.14. The van der Waals surface area contributed by atoms with E-state index >= 15 is 0 Å². The third kappa shape index (κ3) is 4.93. The fourth-order valence-electron chi connectivity index (χ4n) is 2.75. The summed E-state index contributed by atoms with van der Waals surface area (Å²) in [6, 6.07) is 26.3. The number of carbonyl (C=O) groups is 1. The van der Waals surface area contributed by atoms with Crippen molar-refractivity contribution in [3.63, 3.8) is 0 Å².